The highest BCUT2D eigenvalue weighted by atomic mass is 32.1. The number of piperidine rings is 1. The van der Waals surface area contributed by atoms with Gasteiger partial charge >= 0.3 is 0 Å². The molecule has 1 saturated heterocycles. The number of fused-ring (bicyclic) bond motifs is 1. The number of hydrogen-bond donors (Lipinski definition) is 2. The maximum atomic E-state index is 12.7. The second kappa shape index (κ2) is 9.17. The Balaban J connectivity index is 1.34. The van der Waals surface area contributed by atoms with E-state index in [0.717, 1.165) is 21.8 Å². The number of thiazole rings is 1. The Morgan fingerprint density at radius 1 is 1.14 bits per heavy atom. The van der Waals surface area contributed by atoms with E-state index in [1.807, 2.05) is 17.5 Å². The zero-order valence-corrected chi connectivity index (χ0v) is 20.6. The Morgan fingerprint density at radius 2 is 1.97 bits per heavy atom. The van der Waals surface area contributed by atoms with Gasteiger partial charge < -0.3 is 10.6 Å². The van der Waals surface area contributed by atoms with Crippen LogP contribution in [0, 0.1) is 0 Å². The Hall–Kier alpha value is -4.52. The molecule has 0 aliphatic carbocycles. The summed E-state index contributed by atoms with van der Waals surface area (Å²) in [5.41, 5.74) is 10.4. The van der Waals surface area contributed by atoms with Gasteiger partial charge in [0.15, 0.2) is 11.4 Å². The summed E-state index contributed by atoms with van der Waals surface area (Å²) in [6.07, 6.45) is 7.78. The van der Waals surface area contributed by atoms with Gasteiger partial charge in [-0.3, -0.25) is 19.7 Å². The highest BCUT2D eigenvalue weighted by Gasteiger charge is 2.31. The summed E-state index contributed by atoms with van der Waals surface area (Å²) >= 11 is 1.52. The van der Waals surface area contributed by atoms with Gasteiger partial charge in [-0.2, -0.15) is 14.7 Å². The number of nitrogens with two attached hydrogens (primary N) is 1. The highest BCUT2D eigenvalue weighted by molar-refractivity contribution is 7.13. The van der Waals surface area contributed by atoms with Crippen LogP contribution in [0.1, 0.15) is 52.4 Å². The number of nitrogen functional groups attached to an aromatic ring is 1. The standard InChI is InChI=1S/C24H22N10O2S/c1-13(35)18-19(14-4-7-33(8-5-14)24(36)21-28-12-29-32-21)31-22-16(11-30-34(22)20(18)25)15-2-3-17(27-10-15)23-26-6-9-37-23/h2-3,6,9-12,14H,4-5,7-8,25H2,1H3,(H,28,29,32). The normalized spacial score (nSPS) is 14.4. The van der Waals surface area contributed by atoms with Gasteiger partial charge in [-0.15, -0.1) is 11.3 Å². The monoisotopic (exact) mass is 514 g/mol. The third kappa shape index (κ3) is 4.02. The third-order valence-corrected chi connectivity index (χ3v) is 7.37. The van der Waals surface area contributed by atoms with E-state index >= 15 is 0 Å². The molecule has 6 rings (SSSR count). The third-order valence-electron chi connectivity index (χ3n) is 6.58. The molecule has 1 aliphatic heterocycles. The molecule has 1 fully saturated rings. The van der Waals surface area contributed by atoms with Crippen LogP contribution in [0.4, 0.5) is 5.82 Å². The molecule has 1 amide bonds. The average Bonchev–Trinajstić information content (AvgIpc) is 3.70. The predicted octanol–water partition coefficient (Wildman–Crippen LogP) is 2.84. The van der Waals surface area contributed by atoms with Crippen molar-refractivity contribution in [2.24, 2.45) is 0 Å². The lowest BCUT2D eigenvalue weighted by molar-refractivity contribution is 0.0699. The second-order valence-corrected chi connectivity index (χ2v) is 9.67. The van der Waals surface area contributed by atoms with E-state index in [1.165, 1.54) is 29.1 Å². The quantitative estimate of drug-likeness (QED) is 0.336. The summed E-state index contributed by atoms with van der Waals surface area (Å²) in [5, 5.41) is 13.6. The van der Waals surface area contributed by atoms with Crippen LogP contribution >= 0.6 is 11.3 Å². The van der Waals surface area contributed by atoms with E-state index in [-0.39, 0.29) is 29.3 Å². The molecule has 186 valence electrons. The molecular weight excluding hydrogens is 492 g/mol. The number of amides is 1. The smallest absolute Gasteiger partial charge is 0.291 e. The number of rotatable bonds is 5. The minimum absolute atomic E-state index is 0.0434. The van der Waals surface area contributed by atoms with Crippen molar-refractivity contribution in [1.82, 2.24) is 44.6 Å². The lowest BCUT2D eigenvalue weighted by Crippen LogP contribution is -2.39. The first-order chi connectivity index (χ1) is 18.0. The molecule has 5 aromatic rings. The first-order valence-corrected chi connectivity index (χ1v) is 12.6. The number of Topliss-reactive ketones (excluding diaryl/α,β-unsaturated/α-hetero) is 1. The number of aromatic nitrogens is 8. The molecule has 0 aromatic carbocycles. The number of hydrogen-bond acceptors (Lipinski definition) is 10. The topological polar surface area (TPSA) is 161 Å². The van der Waals surface area contributed by atoms with E-state index in [2.05, 4.69) is 30.2 Å². The summed E-state index contributed by atoms with van der Waals surface area (Å²) in [5.74, 6) is 0.0560. The molecule has 5 aromatic heterocycles. The van der Waals surface area contributed by atoms with Crippen molar-refractivity contribution >= 4 is 34.5 Å². The highest BCUT2D eigenvalue weighted by Crippen LogP contribution is 2.35. The van der Waals surface area contributed by atoms with Gasteiger partial charge in [-0.25, -0.2) is 15.0 Å². The predicted molar refractivity (Wildman–Crippen MR) is 136 cm³/mol. The fourth-order valence-electron chi connectivity index (χ4n) is 4.74. The number of carbonyl (C=O) groups excluding carboxylic acids is 2. The number of H-pyrrole nitrogens is 1. The summed E-state index contributed by atoms with van der Waals surface area (Å²) < 4.78 is 1.51. The minimum Gasteiger partial charge on any atom is -0.383 e. The maximum absolute atomic E-state index is 12.7. The lowest BCUT2D eigenvalue weighted by Gasteiger charge is -2.32. The molecule has 0 saturated carbocycles. The Morgan fingerprint density at radius 3 is 2.62 bits per heavy atom. The fraction of sp³-hybridized carbons (Fsp3) is 0.250. The van der Waals surface area contributed by atoms with Gasteiger partial charge in [-0.1, -0.05) is 6.07 Å². The van der Waals surface area contributed by atoms with E-state index in [4.69, 9.17) is 10.7 Å². The van der Waals surface area contributed by atoms with Crippen molar-refractivity contribution in [3.05, 3.63) is 59.5 Å². The molecule has 0 unspecified atom stereocenters. The van der Waals surface area contributed by atoms with Crippen LogP contribution in [-0.2, 0) is 0 Å². The Kier molecular flexibility index (Phi) is 5.68. The van der Waals surface area contributed by atoms with Crippen LogP contribution in [0.25, 0.3) is 27.5 Å². The van der Waals surface area contributed by atoms with Crippen LogP contribution in [-0.4, -0.2) is 69.4 Å². The van der Waals surface area contributed by atoms with E-state index in [1.54, 1.807) is 23.5 Å². The number of nitrogens with one attached hydrogen (secondary N) is 1. The minimum atomic E-state index is -0.197. The van der Waals surface area contributed by atoms with E-state index in [9.17, 15) is 9.59 Å². The molecule has 0 atom stereocenters. The zero-order valence-electron chi connectivity index (χ0n) is 19.8. The van der Waals surface area contributed by atoms with Crippen LogP contribution in [0.5, 0.6) is 0 Å². The van der Waals surface area contributed by atoms with Crippen LogP contribution < -0.4 is 5.73 Å². The molecule has 13 heteroatoms. The van der Waals surface area contributed by atoms with Crippen LogP contribution in [0.15, 0.2) is 42.4 Å². The van der Waals surface area contributed by atoms with Crippen molar-refractivity contribution < 1.29 is 9.59 Å². The lowest BCUT2D eigenvalue weighted by atomic mass is 9.89. The maximum Gasteiger partial charge on any atom is 0.291 e. The molecule has 6 heterocycles. The van der Waals surface area contributed by atoms with Crippen molar-refractivity contribution in [3.63, 3.8) is 0 Å². The Labute approximate surface area is 214 Å². The number of pyridine rings is 1. The zero-order chi connectivity index (χ0) is 25.5. The summed E-state index contributed by atoms with van der Waals surface area (Å²) in [4.78, 5) is 44.8. The van der Waals surface area contributed by atoms with Gasteiger partial charge in [0, 0.05) is 47.9 Å². The fourth-order valence-corrected chi connectivity index (χ4v) is 5.35. The van der Waals surface area contributed by atoms with Gasteiger partial charge in [0.05, 0.1) is 23.1 Å². The SMILES string of the molecule is CC(=O)c1c(C2CCN(C(=O)c3ncn[nH]3)CC2)nc2c(-c3ccc(-c4nccs4)nc3)cnn2c1N. The molecule has 37 heavy (non-hydrogen) atoms. The Bertz CT molecular complexity index is 1590. The number of aromatic amines is 1. The number of nitrogens with zero attached hydrogens (tertiary/aromatic N) is 8. The first kappa shape index (κ1) is 22.9. The average molecular weight is 515 g/mol. The number of ketones is 1. The number of likely N-dealkylation sites (tertiary alicyclic amines) is 1. The van der Waals surface area contributed by atoms with E-state index in [0.29, 0.717) is 42.8 Å². The van der Waals surface area contributed by atoms with Crippen molar-refractivity contribution in [3.8, 4) is 21.8 Å². The largest absolute Gasteiger partial charge is 0.383 e. The first-order valence-electron chi connectivity index (χ1n) is 11.7. The molecular formula is C24H22N10O2S. The number of anilines is 1. The van der Waals surface area contributed by atoms with Gasteiger partial charge in [0.25, 0.3) is 5.91 Å². The summed E-state index contributed by atoms with van der Waals surface area (Å²) in [6, 6.07) is 3.86. The van der Waals surface area contributed by atoms with Crippen molar-refractivity contribution in [2.75, 3.05) is 18.8 Å². The molecule has 0 spiro atoms. The van der Waals surface area contributed by atoms with Gasteiger partial charge in [-0.05, 0) is 25.8 Å². The van der Waals surface area contributed by atoms with Crippen molar-refractivity contribution in [1.29, 1.82) is 0 Å². The van der Waals surface area contributed by atoms with Crippen LogP contribution in [0.2, 0.25) is 0 Å². The van der Waals surface area contributed by atoms with Gasteiger partial charge in [0.2, 0.25) is 5.82 Å². The van der Waals surface area contributed by atoms with Gasteiger partial charge in [0.1, 0.15) is 17.2 Å². The van der Waals surface area contributed by atoms with Crippen LogP contribution in [0.3, 0.4) is 0 Å². The second-order valence-electron chi connectivity index (χ2n) is 8.78. The molecule has 3 N–H and O–H groups in total. The number of carbonyl (C=O) groups is 2. The molecule has 0 bridgehead atoms. The molecule has 12 nitrogen and oxygen atoms in total. The molecule has 1 aliphatic rings. The summed E-state index contributed by atoms with van der Waals surface area (Å²) in [7, 11) is 0. The van der Waals surface area contributed by atoms with E-state index < -0.39 is 0 Å². The summed E-state index contributed by atoms with van der Waals surface area (Å²) in [6.45, 7) is 2.49. The molecule has 0 radical (unpaired) electrons. The van der Waals surface area contributed by atoms with Crippen molar-refractivity contribution in [2.45, 2.75) is 25.7 Å².